The Hall–Kier alpha value is -2.36. The molecule has 0 bridgehead atoms. The highest BCUT2D eigenvalue weighted by molar-refractivity contribution is 6.31. The van der Waals surface area contributed by atoms with E-state index in [1.165, 1.54) is 6.20 Å². The molecule has 126 valence electrons. The number of nitrogens with zero attached hydrogens (tertiary/aromatic N) is 1. The SMILES string of the molecule is Cc1cc(N)cc(Cl)c1Cc1ccc(C(=O)c2ccc(Cl)nc2)cc1. The van der Waals surface area contributed by atoms with Gasteiger partial charge in [0.1, 0.15) is 5.15 Å². The zero-order chi connectivity index (χ0) is 18.0. The zero-order valence-corrected chi connectivity index (χ0v) is 15.1. The molecule has 0 radical (unpaired) electrons. The molecule has 5 heteroatoms. The van der Waals surface area contributed by atoms with Crippen LogP contribution in [-0.4, -0.2) is 10.8 Å². The Morgan fingerprint density at radius 3 is 2.32 bits per heavy atom. The molecule has 1 aromatic heterocycles. The number of ketones is 1. The predicted molar refractivity (Wildman–Crippen MR) is 103 cm³/mol. The highest BCUT2D eigenvalue weighted by Gasteiger charge is 2.11. The van der Waals surface area contributed by atoms with Crippen LogP contribution in [0.2, 0.25) is 10.2 Å². The minimum absolute atomic E-state index is 0.0857. The molecule has 3 nitrogen and oxygen atoms in total. The number of nitrogen functional groups attached to an aromatic ring is 1. The van der Waals surface area contributed by atoms with Gasteiger partial charge in [0.15, 0.2) is 5.78 Å². The molecule has 0 aliphatic rings. The second-order valence-corrected chi connectivity index (χ2v) is 6.67. The highest BCUT2D eigenvalue weighted by Crippen LogP contribution is 2.26. The van der Waals surface area contributed by atoms with Gasteiger partial charge in [0.2, 0.25) is 0 Å². The van der Waals surface area contributed by atoms with E-state index in [4.69, 9.17) is 28.9 Å². The van der Waals surface area contributed by atoms with E-state index in [0.717, 1.165) is 16.7 Å². The van der Waals surface area contributed by atoms with Gasteiger partial charge in [-0.2, -0.15) is 0 Å². The topological polar surface area (TPSA) is 56.0 Å². The van der Waals surface area contributed by atoms with Gasteiger partial charge < -0.3 is 5.73 Å². The van der Waals surface area contributed by atoms with Gasteiger partial charge in [-0.3, -0.25) is 4.79 Å². The average molecular weight is 371 g/mol. The number of carbonyl (C=O) groups is 1. The van der Waals surface area contributed by atoms with Crippen molar-refractivity contribution < 1.29 is 4.79 Å². The smallest absolute Gasteiger partial charge is 0.194 e. The first-order valence-electron chi connectivity index (χ1n) is 7.74. The minimum atomic E-state index is -0.0857. The van der Waals surface area contributed by atoms with Gasteiger partial charge in [-0.25, -0.2) is 4.98 Å². The van der Waals surface area contributed by atoms with Crippen molar-refractivity contribution in [3.05, 3.63) is 92.7 Å². The molecule has 2 N–H and O–H groups in total. The number of carbonyl (C=O) groups excluding carboxylic acids is 1. The Bertz CT molecular complexity index is 896. The first-order chi connectivity index (χ1) is 11.9. The summed E-state index contributed by atoms with van der Waals surface area (Å²) in [5, 5.41) is 1.02. The number of pyridine rings is 1. The van der Waals surface area contributed by atoms with Crippen LogP contribution in [0, 0.1) is 6.92 Å². The average Bonchev–Trinajstić information content (AvgIpc) is 2.59. The molecule has 0 atom stereocenters. The first kappa shape index (κ1) is 17.5. The third-order valence-electron chi connectivity index (χ3n) is 4.03. The molecule has 0 unspecified atom stereocenters. The van der Waals surface area contributed by atoms with Crippen molar-refractivity contribution in [2.75, 3.05) is 5.73 Å². The van der Waals surface area contributed by atoms with Crippen LogP contribution in [0.5, 0.6) is 0 Å². The summed E-state index contributed by atoms with van der Waals surface area (Å²) in [4.78, 5) is 16.4. The summed E-state index contributed by atoms with van der Waals surface area (Å²) in [6.45, 7) is 1.99. The van der Waals surface area contributed by atoms with Crippen molar-refractivity contribution in [3.8, 4) is 0 Å². The molecule has 0 fully saturated rings. The number of hydrogen-bond donors (Lipinski definition) is 1. The summed E-state index contributed by atoms with van der Waals surface area (Å²) in [6, 6.07) is 14.4. The van der Waals surface area contributed by atoms with Crippen molar-refractivity contribution in [3.63, 3.8) is 0 Å². The van der Waals surface area contributed by atoms with Crippen LogP contribution in [0.1, 0.15) is 32.6 Å². The van der Waals surface area contributed by atoms with Crippen molar-refractivity contribution in [1.82, 2.24) is 4.98 Å². The van der Waals surface area contributed by atoms with Crippen molar-refractivity contribution >= 4 is 34.7 Å². The maximum Gasteiger partial charge on any atom is 0.194 e. The van der Waals surface area contributed by atoms with Gasteiger partial charge in [0.05, 0.1) is 0 Å². The van der Waals surface area contributed by atoms with Crippen LogP contribution in [0.3, 0.4) is 0 Å². The number of benzene rings is 2. The maximum atomic E-state index is 12.5. The third kappa shape index (κ3) is 4.01. The lowest BCUT2D eigenvalue weighted by Gasteiger charge is -2.10. The molecular formula is C20H16Cl2N2O. The van der Waals surface area contributed by atoms with Gasteiger partial charge in [-0.05, 0) is 54.3 Å². The normalized spacial score (nSPS) is 10.7. The fraction of sp³-hybridized carbons (Fsp3) is 0.100. The summed E-state index contributed by atoms with van der Waals surface area (Å²) in [5.74, 6) is -0.0857. The standard InChI is InChI=1S/C20H16Cl2N2O/c1-12-8-16(23)10-18(21)17(12)9-13-2-4-14(5-3-13)20(25)15-6-7-19(22)24-11-15/h2-8,10-11H,9,23H2,1H3. The number of aromatic nitrogens is 1. The quantitative estimate of drug-likeness (QED) is 0.394. The van der Waals surface area contributed by atoms with E-state index in [9.17, 15) is 4.79 Å². The van der Waals surface area contributed by atoms with Crippen molar-refractivity contribution in [1.29, 1.82) is 0 Å². The Morgan fingerprint density at radius 2 is 1.72 bits per heavy atom. The third-order valence-corrected chi connectivity index (χ3v) is 4.59. The van der Waals surface area contributed by atoms with Crippen LogP contribution >= 0.6 is 23.2 Å². The fourth-order valence-corrected chi connectivity index (χ4v) is 3.13. The summed E-state index contributed by atoms with van der Waals surface area (Å²) in [7, 11) is 0. The molecule has 2 aromatic carbocycles. The van der Waals surface area contributed by atoms with Gasteiger partial charge >= 0.3 is 0 Å². The summed E-state index contributed by atoms with van der Waals surface area (Å²) in [6.07, 6.45) is 2.16. The lowest BCUT2D eigenvalue weighted by Crippen LogP contribution is -2.02. The molecule has 0 spiro atoms. The van der Waals surface area contributed by atoms with Crippen molar-refractivity contribution in [2.24, 2.45) is 0 Å². The van der Waals surface area contributed by atoms with E-state index in [-0.39, 0.29) is 5.78 Å². The molecule has 0 aliphatic carbocycles. The zero-order valence-electron chi connectivity index (χ0n) is 13.6. The van der Waals surface area contributed by atoms with Crippen LogP contribution in [0.15, 0.2) is 54.7 Å². The number of halogens is 2. The van der Waals surface area contributed by atoms with Gasteiger partial charge in [-0.15, -0.1) is 0 Å². The van der Waals surface area contributed by atoms with E-state index >= 15 is 0 Å². The Balaban J connectivity index is 1.81. The number of aryl methyl sites for hydroxylation is 1. The number of nitrogens with two attached hydrogens (primary N) is 1. The predicted octanol–water partition coefficient (Wildman–Crippen LogP) is 5.10. The van der Waals surface area contributed by atoms with Gasteiger partial charge in [0, 0.05) is 28.0 Å². The van der Waals surface area contributed by atoms with Gasteiger partial charge in [0.25, 0.3) is 0 Å². The minimum Gasteiger partial charge on any atom is -0.399 e. The van der Waals surface area contributed by atoms with Crippen molar-refractivity contribution in [2.45, 2.75) is 13.3 Å². The van der Waals surface area contributed by atoms with Gasteiger partial charge in [-0.1, -0.05) is 47.5 Å². The van der Waals surface area contributed by atoms with E-state index in [1.54, 1.807) is 18.2 Å². The van der Waals surface area contributed by atoms with Crippen LogP contribution in [0.4, 0.5) is 5.69 Å². The van der Waals surface area contributed by atoms with Crippen LogP contribution in [-0.2, 0) is 6.42 Å². The van der Waals surface area contributed by atoms with E-state index < -0.39 is 0 Å². The molecule has 3 aromatic rings. The first-order valence-corrected chi connectivity index (χ1v) is 8.49. The van der Waals surface area contributed by atoms with E-state index in [0.29, 0.717) is 33.4 Å². The molecule has 0 amide bonds. The highest BCUT2D eigenvalue weighted by atomic mass is 35.5. The lowest BCUT2D eigenvalue weighted by molar-refractivity contribution is 0.103. The second-order valence-electron chi connectivity index (χ2n) is 5.87. The van der Waals surface area contributed by atoms with E-state index in [1.807, 2.05) is 37.3 Å². The Labute approximate surface area is 156 Å². The molecule has 25 heavy (non-hydrogen) atoms. The maximum absolute atomic E-state index is 12.5. The molecule has 1 heterocycles. The summed E-state index contributed by atoms with van der Waals surface area (Å²) in [5.41, 5.74) is 10.7. The summed E-state index contributed by atoms with van der Waals surface area (Å²) >= 11 is 12.1. The molecule has 0 saturated carbocycles. The molecular weight excluding hydrogens is 355 g/mol. The number of rotatable bonds is 4. The molecule has 3 rings (SSSR count). The Morgan fingerprint density at radius 1 is 1.04 bits per heavy atom. The second kappa shape index (κ2) is 7.26. The van der Waals surface area contributed by atoms with Crippen LogP contribution < -0.4 is 5.73 Å². The Kier molecular flexibility index (Phi) is 5.07. The molecule has 0 aliphatic heterocycles. The lowest BCUT2D eigenvalue weighted by atomic mass is 9.97. The number of anilines is 1. The number of hydrogen-bond acceptors (Lipinski definition) is 3. The molecule has 0 saturated heterocycles. The monoisotopic (exact) mass is 370 g/mol. The fourth-order valence-electron chi connectivity index (χ4n) is 2.68. The van der Waals surface area contributed by atoms with E-state index in [2.05, 4.69) is 4.98 Å². The summed E-state index contributed by atoms with van der Waals surface area (Å²) < 4.78 is 0. The largest absolute Gasteiger partial charge is 0.399 e. The van der Waals surface area contributed by atoms with Crippen LogP contribution in [0.25, 0.3) is 0 Å².